The van der Waals surface area contributed by atoms with Crippen molar-refractivity contribution in [1.82, 2.24) is 0 Å². The van der Waals surface area contributed by atoms with Gasteiger partial charge in [0.25, 0.3) is 0 Å². The molecular weight excluding hydrogens is 336 g/mol. The summed E-state index contributed by atoms with van der Waals surface area (Å²) in [6, 6.07) is 1.61. The number of phenolic OH excluding ortho intramolecular Hbond substituents is 2. The molecule has 0 unspecified atom stereocenters. The Bertz CT molecular complexity index is 511. The smallest absolute Gasteiger partial charge is 0.161 e. The molecule has 0 saturated carbocycles. The molecule has 3 heteroatoms. The number of rotatable bonds is 16. The van der Waals surface area contributed by atoms with E-state index in [1.165, 1.54) is 44.9 Å². The van der Waals surface area contributed by atoms with Crippen LogP contribution in [-0.2, 0) is 12.8 Å². The highest BCUT2D eigenvalue weighted by Crippen LogP contribution is 2.40. The molecule has 27 heavy (non-hydrogen) atoms. The molecule has 0 fully saturated rings. The lowest BCUT2D eigenvalue weighted by molar-refractivity contribution is 0.297. The number of unbranched alkanes of at least 4 members (excludes halogenated alkanes) is 9. The van der Waals surface area contributed by atoms with Gasteiger partial charge in [-0.05, 0) is 32.1 Å². The molecule has 156 valence electrons. The van der Waals surface area contributed by atoms with Crippen LogP contribution >= 0.6 is 0 Å². The van der Waals surface area contributed by atoms with Crippen molar-refractivity contribution in [3.8, 4) is 17.2 Å². The van der Waals surface area contributed by atoms with Crippen LogP contribution < -0.4 is 4.74 Å². The minimum absolute atomic E-state index is 0.0488. The Balaban J connectivity index is 2.60. The van der Waals surface area contributed by atoms with Gasteiger partial charge in [-0.25, -0.2) is 0 Å². The van der Waals surface area contributed by atoms with Gasteiger partial charge in [0.2, 0.25) is 0 Å². The molecule has 0 aliphatic carbocycles. The molecule has 0 heterocycles. The Morgan fingerprint density at radius 1 is 0.667 bits per heavy atom. The molecule has 0 radical (unpaired) electrons. The first-order valence-electron chi connectivity index (χ1n) is 11.3. The van der Waals surface area contributed by atoms with Crippen molar-refractivity contribution in [1.29, 1.82) is 0 Å². The molecule has 0 aliphatic heterocycles. The molecule has 0 saturated heterocycles. The summed E-state index contributed by atoms with van der Waals surface area (Å²) in [5, 5.41) is 20.5. The molecule has 0 bridgehead atoms. The van der Waals surface area contributed by atoms with Gasteiger partial charge in [0, 0.05) is 17.2 Å². The molecule has 2 N–H and O–H groups in total. The van der Waals surface area contributed by atoms with Crippen LogP contribution in [0.4, 0.5) is 0 Å². The van der Waals surface area contributed by atoms with Crippen LogP contribution in [0.2, 0.25) is 0 Å². The third-order valence-electron chi connectivity index (χ3n) is 5.27. The van der Waals surface area contributed by atoms with Gasteiger partial charge in [0.15, 0.2) is 11.5 Å². The zero-order valence-electron chi connectivity index (χ0n) is 18.0. The van der Waals surface area contributed by atoms with E-state index in [1.54, 1.807) is 6.07 Å². The highest BCUT2D eigenvalue weighted by atomic mass is 16.5. The Hall–Kier alpha value is -1.38. The molecular formula is C24H42O3. The standard InChI is InChI=1S/C24H42O3/c1-4-7-10-11-12-13-14-15-18-27-23-19-22(25)24(26)21(17-9-6-3)20(23)16-8-5-2/h19,25-26H,4-18H2,1-3H3. The maximum Gasteiger partial charge on any atom is 0.161 e. The Kier molecular flexibility index (Phi) is 12.8. The SMILES string of the molecule is CCCCCCCCCCOc1cc(O)c(O)c(CCCC)c1CCCC. The maximum absolute atomic E-state index is 10.4. The van der Waals surface area contributed by atoms with E-state index in [9.17, 15) is 10.2 Å². The van der Waals surface area contributed by atoms with Crippen molar-refractivity contribution in [2.45, 2.75) is 111 Å². The average molecular weight is 379 g/mol. The van der Waals surface area contributed by atoms with E-state index >= 15 is 0 Å². The van der Waals surface area contributed by atoms with E-state index in [-0.39, 0.29) is 11.5 Å². The van der Waals surface area contributed by atoms with Crippen LogP contribution in [0.1, 0.15) is 109 Å². The summed E-state index contributed by atoms with van der Waals surface area (Å²) < 4.78 is 6.06. The van der Waals surface area contributed by atoms with Gasteiger partial charge < -0.3 is 14.9 Å². The van der Waals surface area contributed by atoms with Crippen molar-refractivity contribution in [3.05, 3.63) is 17.2 Å². The van der Waals surface area contributed by atoms with Gasteiger partial charge in [-0.3, -0.25) is 0 Å². The topological polar surface area (TPSA) is 49.7 Å². The molecule has 0 aromatic heterocycles. The summed E-state index contributed by atoms with van der Waals surface area (Å²) in [4.78, 5) is 0. The summed E-state index contributed by atoms with van der Waals surface area (Å²) >= 11 is 0. The zero-order valence-corrected chi connectivity index (χ0v) is 18.0. The fourth-order valence-corrected chi connectivity index (χ4v) is 3.52. The van der Waals surface area contributed by atoms with Crippen LogP contribution in [0.5, 0.6) is 17.2 Å². The summed E-state index contributed by atoms with van der Waals surface area (Å²) in [5.74, 6) is 0.772. The summed E-state index contributed by atoms with van der Waals surface area (Å²) in [5.41, 5.74) is 1.98. The van der Waals surface area contributed by atoms with E-state index in [0.29, 0.717) is 6.61 Å². The molecule has 0 atom stereocenters. The molecule has 1 aromatic carbocycles. The van der Waals surface area contributed by atoms with Crippen LogP contribution in [0, 0.1) is 0 Å². The highest BCUT2D eigenvalue weighted by Gasteiger charge is 2.18. The molecule has 3 nitrogen and oxygen atoms in total. The van der Waals surface area contributed by atoms with Gasteiger partial charge >= 0.3 is 0 Å². The molecule has 0 amide bonds. The largest absolute Gasteiger partial charge is 0.504 e. The predicted octanol–water partition coefficient (Wildman–Crippen LogP) is 7.30. The van der Waals surface area contributed by atoms with E-state index in [1.807, 2.05) is 0 Å². The van der Waals surface area contributed by atoms with Gasteiger partial charge in [-0.15, -0.1) is 0 Å². The monoisotopic (exact) mass is 378 g/mol. The fourth-order valence-electron chi connectivity index (χ4n) is 3.52. The summed E-state index contributed by atoms with van der Waals surface area (Å²) in [7, 11) is 0. The fraction of sp³-hybridized carbons (Fsp3) is 0.750. The summed E-state index contributed by atoms with van der Waals surface area (Å²) in [6.45, 7) is 7.25. The lowest BCUT2D eigenvalue weighted by Gasteiger charge is -2.18. The third-order valence-corrected chi connectivity index (χ3v) is 5.27. The quantitative estimate of drug-likeness (QED) is 0.234. The second kappa shape index (κ2) is 14.6. The molecule has 1 rings (SSSR count). The van der Waals surface area contributed by atoms with Crippen molar-refractivity contribution in [2.75, 3.05) is 6.61 Å². The maximum atomic E-state index is 10.4. The van der Waals surface area contributed by atoms with Crippen molar-refractivity contribution in [3.63, 3.8) is 0 Å². The second-order valence-corrected chi connectivity index (χ2v) is 7.73. The van der Waals surface area contributed by atoms with Crippen molar-refractivity contribution >= 4 is 0 Å². The number of ether oxygens (including phenoxy) is 1. The van der Waals surface area contributed by atoms with E-state index in [0.717, 1.165) is 61.8 Å². The van der Waals surface area contributed by atoms with E-state index in [4.69, 9.17) is 4.74 Å². The van der Waals surface area contributed by atoms with Gasteiger partial charge in [-0.2, -0.15) is 0 Å². The van der Waals surface area contributed by atoms with Gasteiger partial charge in [-0.1, -0.05) is 78.6 Å². The molecule has 0 aliphatic rings. The van der Waals surface area contributed by atoms with E-state index in [2.05, 4.69) is 20.8 Å². The average Bonchev–Trinajstić information content (AvgIpc) is 2.67. The zero-order chi connectivity index (χ0) is 19.9. The first-order valence-corrected chi connectivity index (χ1v) is 11.3. The van der Waals surface area contributed by atoms with Crippen LogP contribution in [0.3, 0.4) is 0 Å². The minimum Gasteiger partial charge on any atom is -0.504 e. The second-order valence-electron chi connectivity index (χ2n) is 7.73. The van der Waals surface area contributed by atoms with Crippen LogP contribution in [0.15, 0.2) is 6.07 Å². The van der Waals surface area contributed by atoms with E-state index < -0.39 is 0 Å². The third kappa shape index (κ3) is 8.90. The molecule has 1 aromatic rings. The lowest BCUT2D eigenvalue weighted by Crippen LogP contribution is -2.04. The molecule has 0 spiro atoms. The first-order chi connectivity index (χ1) is 13.2. The Morgan fingerprint density at radius 2 is 1.19 bits per heavy atom. The predicted molar refractivity (Wildman–Crippen MR) is 115 cm³/mol. The normalized spacial score (nSPS) is 11.1. The van der Waals surface area contributed by atoms with Gasteiger partial charge in [0.1, 0.15) is 5.75 Å². The minimum atomic E-state index is -0.0488. The van der Waals surface area contributed by atoms with Gasteiger partial charge in [0.05, 0.1) is 6.61 Å². The number of aromatic hydroxyl groups is 2. The number of benzene rings is 1. The van der Waals surface area contributed by atoms with Crippen molar-refractivity contribution in [2.24, 2.45) is 0 Å². The Morgan fingerprint density at radius 3 is 1.78 bits per heavy atom. The lowest BCUT2D eigenvalue weighted by atomic mass is 9.95. The highest BCUT2D eigenvalue weighted by molar-refractivity contribution is 5.56. The number of phenols is 2. The Labute approximate surface area is 167 Å². The number of hydrogen-bond acceptors (Lipinski definition) is 3. The van der Waals surface area contributed by atoms with Crippen LogP contribution in [0.25, 0.3) is 0 Å². The first kappa shape index (κ1) is 23.7. The van der Waals surface area contributed by atoms with Crippen LogP contribution in [-0.4, -0.2) is 16.8 Å². The van der Waals surface area contributed by atoms with Crippen molar-refractivity contribution < 1.29 is 14.9 Å². The number of hydrogen-bond donors (Lipinski definition) is 2. The summed E-state index contributed by atoms with van der Waals surface area (Å²) in [6.07, 6.45) is 16.2.